The highest BCUT2D eigenvalue weighted by atomic mass is 32.2. The van der Waals surface area contributed by atoms with Crippen LogP contribution in [0, 0.1) is 11.6 Å². The second-order valence-corrected chi connectivity index (χ2v) is 5.88. The van der Waals surface area contributed by atoms with Gasteiger partial charge in [0.2, 0.25) is 0 Å². The molecule has 118 valence electrons. The highest BCUT2D eigenvalue weighted by molar-refractivity contribution is 7.87. The third-order valence-corrected chi connectivity index (χ3v) is 4.01. The highest BCUT2D eigenvalue weighted by Gasteiger charge is 2.24. The Morgan fingerprint density at radius 3 is 2.32 bits per heavy atom. The van der Waals surface area contributed by atoms with Crippen LogP contribution in [-0.2, 0) is 24.2 Å². The Morgan fingerprint density at radius 1 is 1.09 bits per heavy atom. The molecule has 0 spiro atoms. The molecule has 2 rings (SSSR count). The SMILES string of the molecule is Cn1cc(S(=O)(=O)Oc2ccc(F)c(F)c2)c(=O)n(C)c1=O. The molecule has 2 aromatic rings. The van der Waals surface area contributed by atoms with Crippen LogP contribution in [0.4, 0.5) is 8.78 Å². The van der Waals surface area contributed by atoms with Crippen LogP contribution < -0.4 is 15.4 Å². The third-order valence-electron chi connectivity index (χ3n) is 2.78. The number of aryl methyl sites for hydroxylation is 1. The predicted octanol–water partition coefficient (Wildman–Crippen LogP) is 0.130. The van der Waals surface area contributed by atoms with Gasteiger partial charge in [-0.1, -0.05) is 0 Å². The first-order valence-electron chi connectivity index (χ1n) is 5.79. The van der Waals surface area contributed by atoms with E-state index in [-0.39, 0.29) is 0 Å². The molecule has 0 unspecified atom stereocenters. The topological polar surface area (TPSA) is 87.4 Å². The standard InChI is InChI=1S/C12H10F2N2O5S/c1-15-6-10(11(17)16(2)12(15)18)22(19,20)21-7-3-4-8(13)9(14)5-7/h3-6H,1-2H3. The minimum absolute atomic E-state index is 0.505. The van der Waals surface area contributed by atoms with Crippen molar-refractivity contribution in [2.45, 2.75) is 4.90 Å². The first-order valence-corrected chi connectivity index (χ1v) is 7.20. The van der Waals surface area contributed by atoms with Crippen LogP contribution in [0.5, 0.6) is 5.75 Å². The summed E-state index contributed by atoms with van der Waals surface area (Å²) in [5.74, 6) is -2.99. The Kier molecular flexibility index (Phi) is 3.88. The Labute approximate surface area is 123 Å². The summed E-state index contributed by atoms with van der Waals surface area (Å²) >= 11 is 0. The van der Waals surface area contributed by atoms with Gasteiger partial charge in [-0.25, -0.2) is 13.6 Å². The van der Waals surface area contributed by atoms with Crippen molar-refractivity contribution < 1.29 is 21.4 Å². The number of benzene rings is 1. The van der Waals surface area contributed by atoms with E-state index in [1.54, 1.807) is 0 Å². The number of halogens is 2. The molecule has 22 heavy (non-hydrogen) atoms. The monoisotopic (exact) mass is 332 g/mol. The van der Waals surface area contributed by atoms with Crippen LogP contribution >= 0.6 is 0 Å². The molecule has 0 bridgehead atoms. The van der Waals surface area contributed by atoms with E-state index in [9.17, 15) is 26.8 Å². The number of rotatable bonds is 3. The number of hydrogen-bond acceptors (Lipinski definition) is 5. The van der Waals surface area contributed by atoms with Crippen molar-refractivity contribution in [3.05, 3.63) is 56.9 Å². The second-order valence-electron chi connectivity index (χ2n) is 4.36. The summed E-state index contributed by atoms with van der Waals surface area (Å²) in [4.78, 5) is 22.6. The minimum Gasteiger partial charge on any atom is -0.379 e. The van der Waals surface area contributed by atoms with E-state index in [0.29, 0.717) is 16.7 Å². The van der Waals surface area contributed by atoms with Gasteiger partial charge in [0.05, 0.1) is 0 Å². The lowest BCUT2D eigenvalue weighted by Gasteiger charge is -2.09. The maximum absolute atomic E-state index is 13.1. The molecular formula is C12H10F2N2O5S. The molecule has 0 atom stereocenters. The van der Waals surface area contributed by atoms with Crippen molar-refractivity contribution in [3.8, 4) is 5.75 Å². The van der Waals surface area contributed by atoms with Gasteiger partial charge in [-0.05, 0) is 12.1 Å². The molecule has 1 aromatic carbocycles. The van der Waals surface area contributed by atoms with Crippen molar-refractivity contribution in [1.29, 1.82) is 0 Å². The van der Waals surface area contributed by atoms with Gasteiger partial charge in [-0.2, -0.15) is 8.42 Å². The van der Waals surface area contributed by atoms with E-state index in [1.165, 1.54) is 7.05 Å². The second kappa shape index (κ2) is 5.37. The minimum atomic E-state index is -4.62. The lowest BCUT2D eigenvalue weighted by atomic mass is 10.3. The van der Waals surface area contributed by atoms with Crippen molar-refractivity contribution in [3.63, 3.8) is 0 Å². The van der Waals surface area contributed by atoms with E-state index in [2.05, 4.69) is 4.18 Å². The van der Waals surface area contributed by atoms with Gasteiger partial charge in [0.15, 0.2) is 16.5 Å². The van der Waals surface area contributed by atoms with Crippen LogP contribution in [0.25, 0.3) is 0 Å². The van der Waals surface area contributed by atoms with Crippen LogP contribution in [-0.4, -0.2) is 17.6 Å². The Morgan fingerprint density at radius 2 is 1.73 bits per heavy atom. The molecule has 0 aliphatic rings. The average molecular weight is 332 g/mol. The van der Waals surface area contributed by atoms with E-state index >= 15 is 0 Å². The fourth-order valence-corrected chi connectivity index (χ4v) is 2.73. The molecule has 10 heteroatoms. The summed E-state index contributed by atoms with van der Waals surface area (Å²) in [5, 5.41) is 0. The third kappa shape index (κ3) is 2.77. The summed E-state index contributed by atoms with van der Waals surface area (Å²) in [6.45, 7) is 0. The molecule has 0 amide bonds. The molecule has 7 nitrogen and oxygen atoms in total. The zero-order chi connectivity index (χ0) is 16.7. The Bertz CT molecular complexity index is 962. The van der Waals surface area contributed by atoms with Crippen LogP contribution in [0.3, 0.4) is 0 Å². The highest BCUT2D eigenvalue weighted by Crippen LogP contribution is 2.19. The fraction of sp³-hybridized carbons (Fsp3) is 0.167. The largest absolute Gasteiger partial charge is 0.379 e. The lowest BCUT2D eigenvalue weighted by Crippen LogP contribution is -2.39. The summed E-state index contributed by atoms with van der Waals surface area (Å²) in [7, 11) is -2.27. The van der Waals surface area contributed by atoms with E-state index in [0.717, 1.165) is 23.9 Å². The van der Waals surface area contributed by atoms with Gasteiger partial charge in [-0.15, -0.1) is 0 Å². The van der Waals surface area contributed by atoms with Gasteiger partial charge in [-0.3, -0.25) is 9.36 Å². The summed E-state index contributed by atoms with van der Waals surface area (Å²) in [5.41, 5.74) is -1.82. The number of hydrogen-bond donors (Lipinski definition) is 0. The van der Waals surface area contributed by atoms with Gasteiger partial charge in [0, 0.05) is 26.4 Å². The van der Waals surface area contributed by atoms with Crippen molar-refractivity contribution in [2.24, 2.45) is 14.1 Å². The van der Waals surface area contributed by atoms with Gasteiger partial charge in [0.1, 0.15) is 5.75 Å². The summed E-state index contributed by atoms with van der Waals surface area (Å²) in [6.07, 6.45) is 0.792. The van der Waals surface area contributed by atoms with Crippen LogP contribution in [0.15, 0.2) is 38.9 Å². The molecule has 0 aliphatic carbocycles. The maximum atomic E-state index is 13.1. The zero-order valence-electron chi connectivity index (χ0n) is 11.4. The molecule has 0 aliphatic heterocycles. The fourth-order valence-electron chi connectivity index (χ4n) is 1.65. The molecule has 0 N–H and O–H groups in total. The van der Waals surface area contributed by atoms with Crippen molar-refractivity contribution >= 4 is 10.1 Å². The predicted molar refractivity (Wildman–Crippen MR) is 71.1 cm³/mol. The van der Waals surface area contributed by atoms with E-state index in [4.69, 9.17) is 0 Å². The van der Waals surface area contributed by atoms with Crippen molar-refractivity contribution in [2.75, 3.05) is 0 Å². The normalized spacial score (nSPS) is 11.5. The van der Waals surface area contributed by atoms with Gasteiger partial charge < -0.3 is 8.75 Å². The summed E-state index contributed by atoms with van der Waals surface area (Å²) < 4.78 is 56.0. The molecule has 0 saturated heterocycles. The molecule has 0 radical (unpaired) electrons. The smallest absolute Gasteiger partial charge is 0.346 e. The number of nitrogens with zero attached hydrogens (tertiary/aromatic N) is 2. The van der Waals surface area contributed by atoms with Gasteiger partial charge in [0.25, 0.3) is 5.56 Å². The molecule has 0 fully saturated rings. The Balaban J connectivity index is 2.54. The van der Waals surface area contributed by atoms with E-state index < -0.39 is 43.6 Å². The number of aromatic nitrogens is 2. The molecule has 0 saturated carbocycles. The van der Waals surface area contributed by atoms with E-state index in [1.807, 2.05) is 0 Å². The Hall–Kier alpha value is -2.49. The lowest BCUT2D eigenvalue weighted by molar-refractivity contribution is 0.468. The first kappa shape index (κ1) is 15.9. The van der Waals surface area contributed by atoms with Crippen molar-refractivity contribution in [1.82, 2.24) is 9.13 Å². The molecule has 1 heterocycles. The molecular weight excluding hydrogens is 322 g/mol. The maximum Gasteiger partial charge on any atom is 0.346 e. The van der Waals surface area contributed by atoms with Crippen LogP contribution in [0.1, 0.15) is 0 Å². The quantitative estimate of drug-likeness (QED) is 0.746. The van der Waals surface area contributed by atoms with Gasteiger partial charge >= 0.3 is 15.8 Å². The summed E-state index contributed by atoms with van der Waals surface area (Å²) in [6, 6.07) is 2.10. The zero-order valence-corrected chi connectivity index (χ0v) is 12.2. The average Bonchev–Trinajstić information content (AvgIpc) is 2.44. The first-order chi connectivity index (χ1) is 10.1. The van der Waals surface area contributed by atoms with Crippen LogP contribution in [0.2, 0.25) is 0 Å². The molecule has 1 aromatic heterocycles.